The average Bonchev–Trinajstić information content (AvgIpc) is 2.44. The molecule has 3 N–H and O–H groups in total. The molecule has 114 valence electrons. The van der Waals surface area contributed by atoms with Crippen LogP contribution in [0, 0.1) is 0 Å². The van der Waals surface area contributed by atoms with Gasteiger partial charge in [0.05, 0.1) is 15.7 Å². The van der Waals surface area contributed by atoms with Gasteiger partial charge in [-0.25, -0.2) is 0 Å². The van der Waals surface area contributed by atoms with Crippen molar-refractivity contribution in [3.63, 3.8) is 0 Å². The van der Waals surface area contributed by atoms with E-state index in [0.717, 1.165) is 0 Å². The van der Waals surface area contributed by atoms with Crippen LogP contribution in [0.1, 0.15) is 11.5 Å². The van der Waals surface area contributed by atoms with E-state index >= 15 is 0 Å². The van der Waals surface area contributed by atoms with Crippen molar-refractivity contribution in [3.8, 4) is 0 Å². The highest BCUT2D eigenvalue weighted by Gasteiger charge is 2.30. The molecule has 22 heavy (non-hydrogen) atoms. The largest absolute Gasteiger partial charge is 0.480 e. The molecule has 0 amide bonds. The smallest absolute Gasteiger partial charge is 0.322 e. The van der Waals surface area contributed by atoms with Crippen molar-refractivity contribution in [2.45, 2.75) is 5.92 Å². The van der Waals surface area contributed by atoms with Gasteiger partial charge >= 0.3 is 11.9 Å². The molecule has 2 rings (SSSR count). The fourth-order valence-electron chi connectivity index (χ4n) is 1.99. The van der Waals surface area contributed by atoms with Crippen LogP contribution >= 0.6 is 23.2 Å². The van der Waals surface area contributed by atoms with Crippen molar-refractivity contribution in [2.24, 2.45) is 0 Å². The van der Waals surface area contributed by atoms with Crippen LogP contribution in [0.15, 0.2) is 42.5 Å². The van der Waals surface area contributed by atoms with Gasteiger partial charge in [-0.3, -0.25) is 9.59 Å². The summed E-state index contributed by atoms with van der Waals surface area (Å²) in [4.78, 5) is 22.4. The Balaban J connectivity index is 2.49. The van der Waals surface area contributed by atoms with E-state index in [4.69, 9.17) is 33.4 Å². The van der Waals surface area contributed by atoms with Crippen molar-refractivity contribution in [1.82, 2.24) is 0 Å². The van der Waals surface area contributed by atoms with Crippen molar-refractivity contribution < 1.29 is 19.8 Å². The number of halogens is 2. The fourth-order valence-corrected chi connectivity index (χ4v) is 2.48. The summed E-state index contributed by atoms with van der Waals surface area (Å²) < 4.78 is 0. The maximum Gasteiger partial charge on any atom is 0.322 e. The average molecular weight is 340 g/mol. The Kier molecular flexibility index (Phi) is 4.90. The summed E-state index contributed by atoms with van der Waals surface area (Å²) in [6.45, 7) is 0. The number of para-hydroxylation sites is 2. The first-order chi connectivity index (χ1) is 10.4. The normalized spacial score (nSPS) is 10.5. The summed E-state index contributed by atoms with van der Waals surface area (Å²) in [7, 11) is 0. The molecular formula is C15H11Cl2NO4. The highest BCUT2D eigenvalue weighted by atomic mass is 35.5. The molecule has 5 nitrogen and oxygen atoms in total. The van der Waals surface area contributed by atoms with Crippen molar-refractivity contribution >= 4 is 46.5 Å². The lowest BCUT2D eigenvalue weighted by atomic mass is 9.97. The van der Waals surface area contributed by atoms with Crippen molar-refractivity contribution in [2.75, 3.05) is 5.32 Å². The van der Waals surface area contributed by atoms with Gasteiger partial charge in [-0.05, 0) is 18.2 Å². The van der Waals surface area contributed by atoms with Gasteiger partial charge in [-0.15, -0.1) is 0 Å². The van der Waals surface area contributed by atoms with Crippen LogP contribution in [0.5, 0.6) is 0 Å². The first-order valence-corrected chi connectivity index (χ1v) is 6.93. The molecule has 0 spiro atoms. The number of carboxylic acid groups (broad SMARTS) is 2. The zero-order chi connectivity index (χ0) is 16.3. The van der Waals surface area contributed by atoms with E-state index in [9.17, 15) is 9.59 Å². The molecule has 0 saturated heterocycles. The fraction of sp³-hybridized carbons (Fsp3) is 0.0667. The van der Waals surface area contributed by atoms with Gasteiger partial charge in [0.1, 0.15) is 0 Å². The van der Waals surface area contributed by atoms with Gasteiger partial charge in [-0.1, -0.05) is 47.5 Å². The third-order valence-corrected chi connectivity index (χ3v) is 3.62. The van der Waals surface area contributed by atoms with Gasteiger partial charge in [0.15, 0.2) is 5.92 Å². The van der Waals surface area contributed by atoms with E-state index in [2.05, 4.69) is 5.32 Å². The predicted octanol–water partition coefficient (Wildman–Crippen LogP) is 3.99. The molecule has 0 aromatic heterocycles. The number of anilines is 2. The van der Waals surface area contributed by atoms with E-state index in [1.54, 1.807) is 36.4 Å². The van der Waals surface area contributed by atoms with Gasteiger partial charge in [-0.2, -0.15) is 0 Å². The van der Waals surface area contributed by atoms with E-state index in [1.165, 1.54) is 6.07 Å². The maximum absolute atomic E-state index is 11.2. The van der Waals surface area contributed by atoms with E-state index in [1.807, 2.05) is 0 Å². The predicted molar refractivity (Wildman–Crippen MR) is 84.2 cm³/mol. The van der Waals surface area contributed by atoms with E-state index in [0.29, 0.717) is 21.4 Å². The first kappa shape index (κ1) is 16.1. The van der Waals surface area contributed by atoms with Gasteiger partial charge < -0.3 is 15.5 Å². The van der Waals surface area contributed by atoms with E-state index < -0.39 is 17.9 Å². The van der Waals surface area contributed by atoms with Crippen LogP contribution in [-0.2, 0) is 9.59 Å². The van der Waals surface area contributed by atoms with Crippen LogP contribution in [0.3, 0.4) is 0 Å². The minimum atomic E-state index is -1.69. The molecule has 0 unspecified atom stereocenters. The molecule has 2 aromatic rings. The van der Waals surface area contributed by atoms with Gasteiger partial charge in [0, 0.05) is 11.3 Å². The number of aliphatic carboxylic acids is 2. The Bertz CT molecular complexity index is 699. The minimum absolute atomic E-state index is 0.110. The number of rotatable bonds is 5. The van der Waals surface area contributed by atoms with Crippen LogP contribution in [0.25, 0.3) is 0 Å². The first-order valence-electron chi connectivity index (χ1n) is 6.17. The van der Waals surface area contributed by atoms with Crippen LogP contribution < -0.4 is 5.32 Å². The standard InChI is InChI=1S/C15H11Cl2NO4/c16-9-5-3-6-10(17)13(9)18-11-7-2-1-4-8(11)12(14(19)20)15(21)22/h1-7,12,18H,(H,19,20)(H,21,22). The SMILES string of the molecule is O=C(O)C(C(=O)O)c1ccccc1Nc1c(Cl)cccc1Cl. The van der Waals surface area contributed by atoms with Gasteiger partial charge in [0.2, 0.25) is 0 Å². The number of carbonyl (C=O) groups is 2. The number of carboxylic acids is 2. The quantitative estimate of drug-likeness (QED) is 0.717. The molecule has 0 fully saturated rings. The second-order valence-corrected chi connectivity index (χ2v) is 5.23. The molecule has 0 aliphatic heterocycles. The summed E-state index contributed by atoms with van der Waals surface area (Å²) in [5, 5.41) is 21.9. The van der Waals surface area contributed by atoms with Crippen LogP contribution in [0.4, 0.5) is 11.4 Å². The summed E-state index contributed by atoms with van der Waals surface area (Å²) >= 11 is 12.1. The van der Waals surface area contributed by atoms with Crippen LogP contribution in [-0.4, -0.2) is 22.2 Å². The Hall–Kier alpha value is -2.24. The molecule has 0 radical (unpaired) electrons. The Morgan fingerprint density at radius 2 is 1.45 bits per heavy atom. The summed E-state index contributed by atoms with van der Waals surface area (Å²) in [6.07, 6.45) is 0. The van der Waals surface area contributed by atoms with Crippen molar-refractivity contribution in [3.05, 3.63) is 58.1 Å². The van der Waals surface area contributed by atoms with Crippen molar-refractivity contribution in [1.29, 1.82) is 0 Å². The minimum Gasteiger partial charge on any atom is -0.480 e. The number of benzene rings is 2. The molecule has 0 saturated carbocycles. The molecule has 0 atom stereocenters. The maximum atomic E-state index is 11.2. The monoisotopic (exact) mass is 339 g/mol. The Labute approximate surface area is 136 Å². The molecule has 0 bridgehead atoms. The number of nitrogens with one attached hydrogen (secondary N) is 1. The zero-order valence-electron chi connectivity index (χ0n) is 11.1. The van der Waals surface area contributed by atoms with Gasteiger partial charge in [0.25, 0.3) is 0 Å². The van der Waals surface area contributed by atoms with E-state index in [-0.39, 0.29) is 5.56 Å². The molecular weight excluding hydrogens is 329 g/mol. The third-order valence-electron chi connectivity index (χ3n) is 2.99. The lowest BCUT2D eigenvalue weighted by Gasteiger charge is -2.16. The topological polar surface area (TPSA) is 86.6 Å². The summed E-state index contributed by atoms with van der Waals surface area (Å²) in [5.41, 5.74) is 0.804. The lowest BCUT2D eigenvalue weighted by Crippen LogP contribution is -2.22. The highest BCUT2D eigenvalue weighted by molar-refractivity contribution is 6.39. The molecule has 0 aliphatic rings. The molecule has 0 aliphatic carbocycles. The Morgan fingerprint density at radius 3 is 2.00 bits per heavy atom. The highest BCUT2D eigenvalue weighted by Crippen LogP contribution is 2.35. The second kappa shape index (κ2) is 6.68. The third kappa shape index (κ3) is 3.32. The molecule has 0 heterocycles. The summed E-state index contributed by atoms with van der Waals surface area (Å²) in [6, 6.07) is 11.1. The van der Waals surface area contributed by atoms with Crippen LogP contribution in [0.2, 0.25) is 10.0 Å². The molecule has 7 heteroatoms. The Morgan fingerprint density at radius 1 is 0.909 bits per heavy atom. The summed E-state index contributed by atoms with van der Waals surface area (Å²) in [5.74, 6) is -4.59. The number of hydrogen-bond donors (Lipinski definition) is 3. The zero-order valence-corrected chi connectivity index (χ0v) is 12.6. The lowest BCUT2D eigenvalue weighted by molar-refractivity contribution is -0.150. The second-order valence-electron chi connectivity index (χ2n) is 4.42. The number of hydrogen-bond acceptors (Lipinski definition) is 3. The molecule has 2 aromatic carbocycles.